The van der Waals surface area contributed by atoms with E-state index in [4.69, 9.17) is 10.5 Å². The molecule has 1 amide bonds. The van der Waals surface area contributed by atoms with Crippen LogP contribution in [0, 0.1) is 0 Å². The van der Waals surface area contributed by atoms with Gasteiger partial charge in [0.25, 0.3) is 0 Å². The molecular formula is C9H17IN2O4. The van der Waals surface area contributed by atoms with Gasteiger partial charge in [0.15, 0.2) is 5.66 Å². The second-order valence-corrected chi connectivity index (χ2v) is 4.99. The van der Waals surface area contributed by atoms with Gasteiger partial charge in [-0.2, -0.15) is 0 Å². The lowest BCUT2D eigenvalue weighted by Gasteiger charge is -2.27. The molecule has 0 heterocycles. The summed E-state index contributed by atoms with van der Waals surface area (Å²) in [7, 11) is 1.20. The maximum atomic E-state index is 11.4. The number of hydrogen-bond donors (Lipinski definition) is 2. The van der Waals surface area contributed by atoms with Crippen molar-refractivity contribution in [1.29, 1.82) is 0 Å². The second-order valence-electron chi connectivity index (χ2n) is 4.22. The number of hydrogen-bond acceptors (Lipinski definition) is 5. The van der Waals surface area contributed by atoms with Gasteiger partial charge in [0, 0.05) is 4.43 Å². The summed E-state index contributed by atoms with van der Waals surface area (Å²) in [4.78, 5) is 22.8. The van der Waals surface area contributed by atoms with Crippen molar-refractivity contribution in [2.45, 2.75) is 32.0 Å². The molecule has 7 heteroatoms. The molecular weight excluding hydrogens is 327 g/mol. The van der Waals surface area contributed by atoms with E-state index in [1.54, 1.807) is 20.8 Å². The summed E-state index contributed by atoms with van der Waals surface area (Å²) >= 11 is 1.88. The van der Waals surface area contributed by atoms with E-state index < -0.39 is 23.3 Å². The van der Waals surface area contributed by atoms with Crippen LogP contribution in [0.1, 0.15) is 20.8 Å². The average Bonchev–Trinajstić information content (AvgIpc) is 2.13. The fourth-order valence-corrected chi connectivity index (χ4v) is 1.31. The van der Waals surface area contributed by atoms with Crippen molar-refractivity contribution in [3.8, 4) is 0 Å². The van der Waals surface area contributed by atoms with Crippen LogP contribution in [-0.2, 0) is 14.3 Å². The number of alkyl halides is 1. The minimum Gasteiger partial charge on any atom is -0.466 e. The van der Waals surface area contributed by atoms with E-state index in [0.29, 0.717) is 0 Å². The number of methoxy groups -OCH3 is 1. The quantitative estimate of drug-likeness (QED) is 0.342. The first-order valence-corrected chi connectivity index (χ1v) is 6.11. The van der Waals surface area contributed by atoms with Gasteiger partial charge in [0.1, 0.15) is 5.60 Å². The van der Waals surface area contributed by atoms with Gasteiger partial charge in [0.05, 0.1) is 7.11 Å². The average molecular weight is 344 g/mol. The third-order valence-electron chi connectivity index (χ3n) is 1.48. The summed E-state index contributed by atoms with van der Waals surface area (Å²) in [6.07, 6.45) is -0.753. The number of carbonyl (C=O) groups is 2. The Balaban J connectivity index is 4.55. The number of nitrogens with two attached hydrogens (primary N) is 1. The Kier molecular flexibility index (Phi) is 5.47. The number of alkyl carbamates (subject to hydrolysis) is 1. The van der Waals surface area contributed by atoms with Crippen LogP contribution in [0.15, 0.2) is 0 Å². The SMILES string of the molecule is COC(=O)C(N)(CI)NC(=O)OC(C)(C)C. The van der Waals surface area contributed by atoms with Crippen LogP contribution in [0.5, 0.6) is 0 Å². The number of esters is 1. The molecule has 0 rings (SSSR count). The highest BCUT2D eigenvalue weighted by molar-refractivity contribution is 14.1. The predicted molar refractivity (Wildman–Crippen MR) is 67.2 cm³/mol. The van der Waals surface area contributed by atoms with E-state index >= 15 is 0 Å². The monoisotopic (exact) mass is 344 g/mol. The molecule has 0 aromatic carbocycles. The number of nitrogens with one attached hydrogen (secondary N) is 1. The van der Waals surface area contributed by atoms with Crippen LogP contribution in [0.2, 0.25) is 0 Å². The van der Waals surface area contributed by atoms with Crippen LogP contribution >= 0.6 is 22.6 Å². The second kappa shape index (κ2) is 5.67. The Bertz CT molecular complexity index is 277. The zero-order valence-corrected chi connectivity index (χ0v) is 12.0. The molecule has 0 radical (unpaired) electrons. The predicted octanol–water partition coefficient (Wildman–Crippen LogP) is 0.774. The molecule has 0 aliphatic rings. The Labute approximate surface area is 108 Å². The first-order valence-electron chi connectivity index (χ1n) is 4.59. The van der Waals surface area contributed by atoms with Crippen molar-refractivity contribution in [2.75, 3.05) is 11.5 Å². The van der Waals surface area contributed by atoms with E-state index in [-0.39, 0.29) is 4.43 Å². The molecule has 0 spiro atoms. The molecule has 0 aromatic heterocycles. The van der Waals surface area contributed by atoms with E-state index in [9.17, 15) is 9.59 Å². The van der Waals surface area contributed by atoms with Crippen LogP contribution in [0.25, 0.3) is 0 Å². The molecule has 16 heavy (non-hydrogen) atoms. The molecule has 0 aliphatic carbocycles. The van der Waals surface area contributed by atoms with Gasteiger partial charge in [-0.25, -0.2) is 9.59 Å². The zero-order valence-electron chi connectivity index (χ0n) is 9.80. The Hall–Kier alpha value is -0.570. The molecule has 1 unspecified atom stereocenters. The summed E-state index contributed by atoms with van der Waals surface area (Å²) in [6, 6.07) is 0. The van der Waals surface area contributed by atoms with E-state index in [0.717, 1.165) is 0 Å². The first-order chi connectivity index (χ1) is 7.14. The fraction of sp³-hybridized carbons (Fsp3) is 0.778. The Morgan fingerprint density at radius 1 is 1.38 bits per heavy atom. The summed E-state index contributed by atoms with van der Waals surface area (Å²) in [6.45, 7) is 5.15. The molecule has 0 bridgehead atoms. The fourth-order valence-electron chi connectivity index (χ4n) is 0.807. The maximum absolute atomic E-state index is 11.4. The molecule has 0 aliphatic heterocycles. The van der Waals surface area contributed by atoms with Crippen molar-refractivity contribution < 1.29 is 19.1 Å². The minimum atomic E-state index is -1.56. The first kappa shape index (κ1) is 15.4. The summed E-state index contributed by atoms with van der Waals surface area (Å²) in [5, 5.41) is 2.28. The number of carbonyl (C=O) groups excluding carboxylic acids is 2. The number of rotatable bonds is 3. The molecule has 0 saturated carbocycles. The highest BCUT2D eigenvalue weighted by atomic mass is 127. The maximum Gasteiger partial charge on any atom is 0.409 e. The third kappa shape index (κ3) is 4.97. The van der Waals surface area contributed by atoms with E-state index in [1.807, 2.05) is 22.6 Å². The summed E-state index contributed by atoms with van der Waals surface area (Å²) < 4.78 is 9.66. The van der Waals surface area contributed by atoms with Crippen LogP contribution in [0.3, 0.4) is 0 Å². The van der Waals surface area contributed by atoms with Gasteiger partial charge in [-0.1, -0.05) is 22.6 Å². The Morgan fingerprint density at radius 3 is 2.19 bits per heavy atom. The summed E-state index contributed by atoms with van der Waals surface area (Å²) in [5.41, 5.74) is 3.47. The topological polar surface area (TPSA) is 90.6 Å². The number of ether oxygens (including phenoxy) is 2. The number of amides is 1. The van der Waals surface area contributed by atoms with E-state index in [1.165, 1.54) is 7.11 Å². The molecule has 0 fully saturated rings. The molecule has 94 valence electrons. The van der Waals surface area contributed by atoms with Gasteiger partial charge in [-0.3, -0.25) is 11.1 Å². The molecule has 0 saturated heterocycles. The highest BCUT2D eigenvalue weighted by Crippen LogP contribution is 2.09. The molecule has 6 nitrogen and oxygen atoms in total. The van der Waals surface area contributed by atoms with Gasteiger partial charge >= 0.3 is 12.1 Å². The largest absolute Gasteiger partial charge is 0.466 e. The van der Waals surface area contributed by atoms with Gasteiger partial charge in [-0.05, 0) is 20.8 Å². The van der Waals surface area contributed by atoms with Gasteiger partial charge in [-0.15, -0.1) is 0 Å². The molecule has 1 atom stereocenters. The highest BCUT2D eigenvalue weighted by Gasteiger charge is 2.37. The minimum absolute atomic E-state index is 0.177. The van der Waals surface area contributed by atoms with Crippen molar-refractivity contribution in [1.82, 2.24) is 5.32 Å². The number of halogens is 1. The lowest BCUT2D eigenvalue weighted by atomic mass is 10.2. The standard InChI is InChI=1S/C9H17IN2O4/c1-8(2,3)16-7(14)12-9(11,5-10)6(13)15-4/h5,11H2,1-4H3,(H,12,14). The molecule has 0 aromatic rings. The van der Waals surface area contributed by atoms with Gasteiger partial charge < -0.3 is 9.47 Å². The Morgan fingerprint density at radius 2 is 1.88 bits per heavy atom. The van der Waals surface area contributed by atoms with Gasteiger partial charge in [0.2, 0.25) is 0 Å². The van der Waals surface area contributed by atoms with Crippen molar-refractivity contribution in [3.63, 3.8) is 0 Å². The van der Waals surface area contributed by atoms with Crippen LogP contribution in [0.4, 0.5) is 4.79 Å². The lowest BCUT2D eigenvalue weighted by Crippen LogP contribution is -2.63. The van der Waals surface area contributed by atoms with Crippen molar-refractivity contribution in [3.05, 3.63) is 0 Å². The normalized spacial score (nSPS) is 14.9. The van der Waals surface area contributed by atoms with Crippen LogP contribution in [-0.4, -0.2) is 34.9 Å². The molecule has 3 N–H and O–H groups in total. The lowest BCUT2D eigenvalue weighted by molar-refractivity contribution is -0.147. The van der Waals surface area contributed by atoms with Crippen LogP contribution < -0.4 is 11.1 Å². The zero-order chi connectivity index (χ0) is 13.0. The van der Waals surface area contributed by atoms with E-state index in [2.05, 4.69) is 10.1 Å². The third-order valence-corrected chi connectivity index (χ3v) is 2.69. The van der Waals surface area contributed by atoms with Crippen molar-refractivity contribution >= 4 is 34.7 Å². The van der Waals surface area contributed by atoms with Crippen molar-refractivity contribution in [2.24, 2.45) is 5.73 Å². The summed E-state index contributed by atoms with van der Waals surface area (Å²) in [5.74, 6) is -0.715. The smallest absolute Gasteiger partial charge is 0.409 e.